The van der Waals surface area contributed by atoms with Gasteiger partial charge in [0.1, 0.15) is 0 Å². The van der Waals surface area contributed by atoms with Gasteiger partial charge in [0.15, 0.2) is 0 Å². The van der Waals surface area contributed by atoms with Gasteiger partial charge in [0.25, 0.3) is 0 Å². The molecule has 0 saturated carbocycles. The Balaban J connectivity index is 2.06. The number of rotatable bonds is 5. The predicted molar refractivity (Wildman–Crippen MR) is 133 cm³/mol. The lowest BCUT2D eigenvalue weighted by Crippen LogP contribution is -2.47. The molecule has 0 bridgehead atoms. The Morgan fingerprint density at radius 1 is 0.828 bits per heavy atom. The fourth-order valence-electron chi connectivity index (χ4n) is 5.66. The van der Waals surface area contributed by atoms with Crippen LogP contribution < -0.4 is 0 Å². The van der Waals surface area contributed by atoms with Gasteiger partial charge >= 0.3 is 0 Å². The zero-order valence-corrected chi connectivity index (χ0v) is 20.9. The summed E-state index contributed by atoms with van der Waals surface area (Å²) in [7, 11) is -1.58. The standard InChI is InChI=1S/C25H31BrN2Si/c1-16(2)29(17(3)4,18(5)6)15-19-13-25-21-9-7-8-10-23(21)27-28(25)24-12-11-20(26)14-22(19)24/h7-14,16-18H,15H2,1-6H3. The number of fused-ring (bicyclic) bond motifs is 5. The summed E-state index contributed by atoms with van der Waals surface area (Å²) in [6.45, 7) is 14.7. The zero-order valence-electron chi connectivity index (χ0n) is 18.3. The number of nitrogens with zero attached hydrogens (tertiary/aromatic N) is 2. The van der Waals surface area contributed by atoms with Crippen LogP contribution in [0.4, 0.5) is 0 Å². The van der Waals surface area contributed by atoms with Crippen molar-refractivity contribution in [3.8, 4) is 0 Å². The predicted octanol–water partition coefficient (Wildman–Crippen LogP) is 8.16. The van der Waals surface area contributed by atoms with Crippen LogP contribution in [0.3, 0.4) is 0 Å². The van der Waals surface area contributed by atoms with Crippen molar-refractivity contribution in [1.29, 1.82) is 0 Å². The molecule has 4 rings (SSSR count). The van der Waals surface area contributed by atoms with E-state index in [1.165, 1.54) is 33.4 Å². The third-order valence-corrected chi connectivity index (χ3v) is 15.1. The SMILES string of the molecule is CC(C)[Si](Cc1cc2c3ccccc3nn2c2ccc(Br)cc12)(C(C)C)C(C)C. The first kappa shape index (κ1) is 20.6. The first-order chi connectivity index (χ1) is 13.8. The second-order valence-electron chi connectivity index (χ2n) is 9.40. The first-order valence-corrected chi connectivity index (χ1v) is 14.0. The highest BCUT2D eigenvalue weighted by molar-refractivity contribution is 9.10. The van der Waals surface area contributed by atoms with Crippen molar-refractivity contribution in [3.05, 3.63) is 58.6 Å². The molecule has 0 amide bonds. The molecule has 0 fully saturated rings. The molecule has 0 spiro atoms. The number of hydrogen-bond donors (Lipinski definition) is 0. The number of benzene rings is 2. The van der Waals surface area contributed by atoms with Crippen LogP contribution in [-0.4, -0.2) is 17.7 Å². The number of halogens is 1. The highest BCUT2D eigenvalue weighted by Gasteiger charge is 2.42. The van der Waals surface area contributed by atoms with Gasteiger partial charge in [0, 0.05) is 15.2 Å². The van der Waals surface area contributed by atoms with E-state index in [0.717, 1.165) is 26.6 Å². The number of aromatic nitrogens is 2. The van der Waals surface area contributed by atoms with Gasteiger partial charge in [-0.1, -0.05) is 92.3 Å². The van der Waals surface area contributed by atoms with Crippen LogP contribution in [0.25, 0.3) is 27.3 Å². The Hall–Kier alpha value is -1.65. The molecule has 0 N–H and O–H groups in total. The second kappa shape index (κ2) is 7.55. The van der Waals surface area contributed by atoms with Crippen LogP contribution in [0.5, 0.6) is 0 Å². The molecule has 4 aromatic rings. The summed E-state index contributed by atoms with van der Waals surface area (Å²) < 4.78 is 3.27. The molecule has 2 heterocycles. The van der Waals surface area contributed by atoms with Crippen molar-refractivity contribution in [2.24, 2.45) is 0 Å². The minimum Gasteiger partial charge on any atom is -0.232 e. The van der Waals surface area contributed by atoms with Crippen LogP contribution in [0, 0.1) is 0 Å². The van der Waals surface area contributed by atoms with Crippen molar-refractivity contribution < 1.29 is 0 Å². The molecule has 0 aliphatic heterocycles. The van der Waals surface area contributed by atoms with E-state index in [0.29, 0.717) is 0 Å². The molecule has 0 radical (unpaired) electrons. The molecular weight excluding hydrogens is 436 g/mol. The van der Waals surface area contributed by atoms with E-state index in [4.69, 9.17) is 5.10 Å². The largest absolute Gasteiger partial charge is 0.232 e. The summed E-state index contributed by atoms with van der Waals surface area (Å²) in [5, 5.41) is 7.50. The summed E-state index contributed by atoms with van der Waals surface area (Å²) >= 11 is 3.71. The van der Waals surface area contributed by atoms with Gasteiger partial charge in [0.2, 0.25) is 0 Å². The molecule has 2 aromatic carbocycles. The lowest BCUT2D eigenvalue weighted by molar-refractivity contribution is 0.798. The van der Waals surface area contributed by atoms with Crippen LogP contribution >= 0.6 is 15.9 Å². The summed E-state index contributed by atoms with van der Waals surface area (Å²) in [5.41, 5.74) is 7.20. The topological polar surface area (TPSA) is 17.3 Å². The van der Waals surface area contributed by atoms with Gasteiger partial charge in [-0.3, -0.25) is 0 Å². The minimum absolute atomic E-state index is 0.739. The van der Waals surface area contributed by atoms with Crippen molar-refractivity contribution in [2.75, 3.05) is 0 Å². The van der Waals surface area contributed by atoms with Gasteiger partial charge < -0.3 is 0 Å². The van der Waals surface area contributed by atoms with E-state index in [9.17, 15) is 0 Å². The monoisotopic (exact) mass is 466 g/mol. The van der Waals surface area contributed by atoms with Crippen LogP contribution in [0.2, 0.25) is 16.6 Å². The third kappa shape index (κ3) is 3.25. The van der Waals surface area contributed by atoms with E-state index in [-0.39, 0.29) is 0 Å². The third-order valence-electron chi connectivity index (χ3n) is 7.18. The summed E-state index contributed by atoms with van der Waals surface area (Å²) in [4.78, 5) is 0. The average Bonchev–Trinajstić information content (AvgIpc) is 3.03. The fourth-order valence-corrected chi connectivity index (χ4v) is 12.2. The minimum atomic E-state index is -1.58. The van der Waals surface area contributed by atoms with Crippen molar-refractivity contribution in [2.45, 2.75) is 64.2 Å². The Morgan fingerprint density at radius 2 is 1.48 bits per heavy atom. The van der Waals surface area contributed by atoms with Crippen molar-refractivity contribution in [1.82, 2.24) is 9.61 Å². The second-order valence-corrected chi connectivity index (χ2v) is 16.4. The van der Waals surface area contributed by atoms with Gasteiger partial charge in [-0.05, 0) is 41.9 Å². The normalized spacial score (nSPS) is 13.0. The van der Waals surface area contributed by atoms with Crippen LogP contribution in [0.1, 0.15) is 47.1 Å². The van der Waals surface area contributed by atoms with Gasteiger partial charge in [-0.2, -0.15) is 5.10 Å². The molecule has 0 atom stereocenters. The van der Waals surface area contributed by atoms with Gasteiger partial charge in [0.05, 0.1) is 24.6 Å². The molecule has 0 unspecified atom stereocenters. The maximum Gasteiger partial charge on any atom is 0.0934 e. The molecular formula is C25H31BrN2Si. The molecule has 2 nitrogen and oxygen atoms in total. The molecule has 0 aliphatic carbocycles. The Morgan fingerprint density at radius 3 is 2.14 bits per heavy atom. The number of pyridine rings is 1. The molecule has 29 heavy (non-hydrogen) atoms. The Bertz CT molecular complexity index is 1170. The van der Waals surface area contributed by atoms with E-state index >= 15 is 0 Å². The highest BCUT2D eigenvalue weighted by Crippen LogP contribution is 2.45. The maximum atomic E-state index is 4.93. The molecule has 4 heteroatoms. The van der Waals surface area contributed by atoms with Gasteiger partial charge in [-0.25, -0.2) is 4.52 Å². The van der Waals surface area contributed by atoms with E-state index in [2.05, 4.69) is 111 Å². The lowest BCUT2D eigenvalue weighted by Gasteiger charge is -2.43. The number of hydrogen-bond acceptors (Lipinski definition) is 1. The van der Waals surface area contributed by atoms with E-state index in [1.54, 1.807) is 0 Å². The Labute approximate surface area is 183 Å². The zero-order chi connectivity index (χ0) is 20.9. The maximum absolute atomic E-state index is 4.93. The molecule has 2 aromatic heterocycles. The van der Waals surface area contributed by atoms with E-state index < -0.39 is 8.07 Å². The molecule has 0 saturated heterocycles. The summed E-state index contributed by atoms with van der Waals surface area (Å²) in [5.74, 6) is 0. The highest BCUT2D eigenvalue weighted by atomic mass is 79.9. The quantitative estimate of drug-likeness (QED) is 0.271. The average molecular weight is 468 g/mol. The van der Waals surface area contributed by atoms with Crippen LogP contribution in [-0.2, 0) is 6.04 Å². The molecule has 0 aliphatic rings. The van der Waals surface area contributed by atoms with E-state index in [1.807, 2.05) is 0 Å². The van der Waals surface area contributed by atoms with Crippen molar-refractivity contribution in [3.63, 3.8) is 0 Å². The Kier molecular flexibility index (Phi) is 5.37. The lowest BCUT2D eigenvalue weighted by atomic mass is 10.1. The van der Waals surface area contributed by atoms with Crippen LogP contribution in [0.15, 0.2) is 53.0 Å². The first-order valence-electron chi connectivity index (χ1n) is 10.7. The molecule has 152 valence electrons. The fraction of sp³-hybridized carbons (Fsp3) is 0.400. The summed E-state index contributed by atoms with van der Waals surface area (Å²) in [6.07, 6.45) is 0. The van der Waals surface area contributed by atoms with Gasteiger partial charge in [-0.15, -0.1) is 0 Å². The van der Waals surface area contributed by atoms with Crippen molar-refractivity contribution >= 4 is 51.3 Å². The smallest absolute Gasteiger partial charge is 0.0934 e. The summed E-state index contributed by atoms with van der Waals surface area (Å²) in [6, 6.07) is 18.8.